The van der Waals surface area contributed by atoms with Gasteiger partial charge in [0, 0.05) is 10.6 Å². The maximum absolute atomic E-state index is 12.5. The lowest BCUT2D eigenvalue weighted by Crippen LogP contribution is -2.49. The summed E-state index contributed by atoms with van der Waals surface area (Å²) in [5.41, 5.74) is 2.31. The van der Waals surface area contributed by atoms with Crippen molar-refractivity contribution >= 4 is 23.4 Å². The van der Waals surface area contributed by atoms with E-state index in [9.17, 15) is 9.59 Å². The van der Waals surface area contributed by atoms with E-state index >= 15 is 0 Å². The van der Waals surface area contributed by atoms with Crippen molar-refractivity contribution in [3.05, 3.63) is 34.9 Å². The van der Waals surface area contributed by atoms with Crippen LogP contribution >= 0.6 is 11.6 Å². The third kappa shape index (κ3) is 5.19. The number of Topliss-reactive ketones (excluding diaryl/α,β-unsaturated/α-hetero) is 1. The first kappa shape index (κ1) is 16.5. The number of nitrogens with one attached hydrogen (secondary N) is 2. The Bertz CT molecular complexity index is 497. The Kier molecular flexibility index (Phi) is 5.53. The lowest BCUT2D eigenvalue weighted by molar-refractivity contribution is 0.0918. The lowest BCUT2D eigenvalue weighted by atomic mass is 9.85. The largest absolute Gasteiger partial charge is 0.329 e. The lowest BCUT2D eigenvalue weighted by Gasteiger charge is -2.25. The molecule has 1 aromatic rings. The van der Waals surface area contributed by atoms with Gasteiger partial charge in [0.1, 0.15) is 0 Å². The molecule has 5 nitrogen and oxygen atoms in total. The average Bonchev–Trinajstić information content (AvgIpc) is 2.35. The van der Waals surface area contributed by atoms with Crippen LogP contribution in [0.15, 0.2) is 24.3 Å². The molecule has 2 amide bonds. The summed E-state index contributed by atoms with van der Waals surface area (Å²) in [5.74, 6) is 4.86. The summed E-state index contributed by atoms with van der Waals surface area (Å²) in [4.78, 5) is 23.9. The minimum Gasteiger partial charge on any atom is -0.327 e. The van der Waals surface area contributed by atoms with Crippen LogP contribution in [0.3, 0.4) is 0 Å². The molecule has 0 saturated carbocycles. The molecule has 0 aliphatic rings. The SMILES string of the molecule is CC(C)(C)CC(NC(=O)NN)C(=O)c1cccc(Cl)c1. The predicted molar refractivity (Wildman–Crippen MR) is 79.5 cm³/mol. The molecule has 0 bridgehead atoms. The van der Waals surface area contributed by atoms with Gasteiger partial charge in [0.25, 0.3) is 0 Å². The van der Waals surface area contributed by atoms with Gasteiger partial charge in [-0.3, -0.25) is 10.2 Å². The quantitative estimate of drug-likeness (QED) is 0.345. The third-order valence-electron chi connectivity index (χ3n) is 2.68. The van der Waals surface area contributed by atoms with E-state index in [-0.39, 0.29) is 11.2 Å². The van der Waals surface area contributed by atoms with Crippen LogP contribution in [0.4, 0.5) is 4.79 Å². The number of carbonyl (C=O) groups excluding carboxylic acids is 2. The van der Waals surface area contributed by atoms with Crippen molar-refractivity contribution in [2.45, 2.75) is 33.2 Å². The summed E-state index contributed by atoms with van der Waals surface area (Å²) in [6, 6.07) is 5.41. The Hall–Kier alpha value is -1.59. The summed E-state index contributed by atoms with van der Waals surface area (Å²) < 4.78 is 0. The predicted octanol–water partition coefficient (Wildman–Crippen LogP) is 2.50. The molecule has 0 fully saturated rings. The van der Waals surface area contributed by atoms with Gasteiger partial charge in [-0.2, -0.15) is 0 Å². The van der Waals surface area contributed by atoms with E-state index in [1.165, 1.54) is 0 Å². The van der Waals surface area contributed by atoms with Gasteiger partial charge < -0.3 is 5.32 Å². The zero-order valence-corrected chi connectivity index (χ0v) is 12.6. The highest BCUT2D eigenvalue weighted by Crippen LogP contribution is 2.23. The van der Waals surface area contributed by atoms with Gasteiger partial charge in [0.15, 0.2) is 5.78 Å². The van der Waals surface area contributed by atoms with Gasteiger partial charge in [-0.05, 0) is 24.0 Å². The molecule has 0 aliphatic carbocycles. The van der Waals surface area contributed by atoms with Crippen LogP contribution in [0.25, 0.3) is 0 Å². The molecule has 0 spiro atoms. The van der Waals surface area contributed by atoms with Crippen molar-refractivity contribution in [1.29, 1.82) is 0 Å². The maximum Gasteiger partial charge on any atom is 0.329 e. The summed E-state index contributed by atoms with van der Waals surface area (Å²) in [7, 11) is 0. The third-order valence-corrected chi connectivity index (χ3v) is 2.91. The van der Waals surface area contributed by atoms with E-state index in [1.54, 1.807) is 24.3 Å². The fourth-order valence-electron chi connectivity index (χ4n) is 1.86. The second kappa shape index (κ2) is 6.72. The second-order valence-corrected chi connectivity index (χ2v) is 6.25. The van der Waals surface area contributed by atoms with Crippen molar-refractivity contribution in [2.24, 2.45) is 11.3 Å². The molecule has 1 atom stereocenters. The van der Waals surface area contributed by atoms with Gasteiger partial charge in [0.05, 0.1) is 6.04 Å². The van der Waals surface area contributed by atoms with E-state index < -0.39 is 12.1 Å². The molecule has 20 heavy (non-hydrogen) atoms. The first-order valence-electron chi connectivity index (χ1n) is 6.30. The second-order valence-electron chi connectivity index (χ2n) is 5.81. The van der Waals surface area contributed by atoms with Gasteiger partial charge >= 0.3 is 6.03 Å². The van der Waals surface area contributed by atoms with Crippen molar-refractivity contribution in [3.63, 3.8) is 0 Å². The Balaban J connectivity index is 2.97. The smallest absolute Gasteiger partial charge is 0.327 e. The van der Waals surface area contributed by atoms with E-state index in [1.807, 2.05) is 26.2 Å². The number of amides is 2. The molecule has 4 N–H and O–H groups in total. The molecule has 0 aromatic heterocycles. The normalized spacial score (nSPS) is 12.7. The number of urea groups is 1. The Morgan fingerprint density at radius 1 is 1.35 bits per heavy atom. The van der Waals surface area contributed by atoms with Crippen LogP contribution in [0.5, 0.6) is 0 Å². The standard InChI is InChI=1S/C14H20ClN3O2/c1-14(2,3)8-11(17-13(20)18-16)12(19)9-5-4-6-10(15)7-9/h4-7,11H,8,16H2,1-3H3,(H2,17,18,20). The zero-order valence-electron chi connectivity index (χ0n) is 11.9. The van der Waals surface area contributed by atoms with Crippen LogP contribution in [-0.4, -0.2) is 17.9 Å². The highest BCUT2D eigenvalue weighted by Gasteiger charge is 2.27. The van der Waals surface area contributed by atoms with Crippen molar-refractivity contribution in [2.75, 3.05) is 0 Å². The topological polar surface area (TPSA) is 84.2 Å². The number of carbonyl (C=O) groups is 2. The number of hydrazine groups is 1. The zero-order chi connectivity index (χ0) is 15.3. The molecule has 6 heteroatoms. The highest BCUT2D eigenvalue weighted by molar-refractivity contribution is 6.31. The molecule has 1 rings (SSSR count). The minimum atomic E-state index is -0.656. The number of ketones is 1. The van der Waals surface area contributed by atoms with Crippen LogP contribution in [0.2, 0.25) is 5.02 Å². The van der Waals surface area contributed by atoms with Crippen LogP contribution in [0, 0.1) is 5.41 Å². The van der Waals surface area contributed by atoms with Gasteiger partial charge in [-0.1, -0.05) is 44.5 Å². The summed E-state index contributed by atoms with van der Waals surface area (Å²) in [5, 5.41) is 3.05. The molecular formula is C14H20ClN3O2. The number of hydrogen-bond acceptors (Lipinski definition) is 3. The number of rotatable bonds is 4. The van der Waals surface area contributed by atoms with Crippen molar-refractivity contribution < 1.29 is 9.59 Å². The average molecular weight is 298 g/mol. The summed E-state index contributed by atoms with van der Waals surface area (Å²) in [6.45, 7) is 5.98. The first-order valence-corrected chi connectivity index (χ1v) is 6.67. The molecule has 1 aromatic carbocycles. The summed E-state index contributed by atoms with van der Waals surface area (Å²) in [6.07, 6.45) is 0.492. The van der Waals surface area contributed by atoms with Crippen molar-refractivity contribution in [3.8, 4) is 0 Å². The Morgan fingerprint density at radius 2 is 2.00 bits per heavy atom. The number of hydrogen-bond donors (Lipinski definition) is 3. The van der Waals surface area contributed by atoms with Crippen LogP contribution in [0.1, 0.15) is 37.6 Å². The molecule has 0 saturated heterocycles. The fourth-order valence-corrected chi connectivity index (χ4v) is 2.05. The van der Waals surface area contributed by atoms with Crippen LogP contribution in [-0.2, 0) is 0 Å². The number of halogens is 1. The van der Waals surface area contributed by atoms with E-state index in [4.69, 9.17) is 17.4 Å². The van der Waals surface area contributed by atoms with Gasteiger partial charge in [-0.15, -0.1) is 0 Å². The maximum atomic E-state index is 12.5. The number of benzene rings is 1. The molecule has 110 valence electrons. The number of nitrogens with two attached hydrogens (primary N) is 1. The minimum absolute atomic E-state index is 0.124. The molecular weight excluding hydrogens is 278 g/mol. The molecule has 0 aliphatic heterocycles. The fraction of sp³-hybridized carbons (Fsp3) is 0.429. The Labute approximate surface area is 123 Å². The first-order chi connectivity index (χ1) is 9.23. The highest BCUT2D eigenvalue weighted by atomic mass is 35.5. The van der Waals surface area contributed by atoms with E-state index in [0.717, 1.165) is 0 Å². The van der Waals surface area contributed by atoms with Crippen LogP contribution < -0.4 is 16.6 Å². The van der Waals surface area contributed by atoms with Gasteiger partial charge in [-0.25, -0.2) is 10.6 Å². The molecule has 0 radical (unpaired) electrons. The summed E-state index contributed by atoms with van der Waals surface area (Å²) >= 11 is 5.89. The van der Waals surface area contributed by atoms with E-state index in [0.29, 0.717) is 17.0 Å². The van der Waals surface area contributed by atoms with Crippen molar-refractivity contribution in [1.82, 2.24) is 10.7 Å². The molecule has 1 unspecified atom stereocenters. The van der Waals surface area contributed by atoms with E-state index in [2.05, 4.69) is 5.32 Å². The Morgan fingerprint density at radius 3 is 2.50 bits per heavy atom. The monoisotopic (exact) mass is 297 g/mol. The molecule has 0 heterocycles. The van der Waals surface area contributed by atoms with Gasteiger partial charge in [0.2, 0.25) is 0 Å².